The number of thioether (sulfide) groups is 1. The van der Waals surface area contributed by atoms with Gasteiger partial charge in [0.05, 0.1) is 5.75 Å². The van der Waals surface area contributed by atoms with Crippen molar-refractivity contribution in [1.29, 1.82) is 0 Å². The molecule has 0 radical (unpaired) electrons. The third-order valence-electron chi connectivity index (χ3n) is 2.47. The first kappa shape index (κ1) is 16.1. The summed E-state index contributed by atoms with van der Waals surface area (Å²) in [5.74, 6) is -0.127. The molecule has 0 spiro atoms. The van der Waals surface area contributed by atoms with E-state index in [-0.39, 0.29) is 18.4 Å². The van der Waals surface area contributed by atoms with E-state index in [9.17, 15) is 14.1 Å². The summed E-state index contributed by atoms with van der Waals surface area (Å²) in [5, 5.41) is 26.1. The number of hydrogen-bond acceptors (Lipinski definition) is 6. The summed E-state index contributed by atoms with van der Waals surface area (Å²) in [5.41, 5.74) is 0. The average Bonchev–Trinajstić information content (AvgIpc) is 2.76. The van der Waals surface area contributed by atoms with Crippen LogP contribution < -0.4 is 0 Å². The topological polar surface area (TPSA) is 105 Å². The summed E-state index contributed by atoms with van der Waals surface area (Å²) in [4.78, 5) is 10.6. The maximum absolute atomic E-state index is 11.1. The molecule has 19 heavy (non-hydrogen) atoms. The van der Waals surface area contributed by atoms with Crippen LogP contribution in [0.25, 0.3) is 0 Å². The lowest BCUT2D eigenvalue weighted by Crippen LogP contribution is -2.14. The zero-order valence-corrected chi connectivity index (χ0v) is 12.4. The van der Waals surface area contributed by atoms with Gasteiger partial charge in [0.25, 0.3) is 0 Å². The average molecular weight is 307 g/mol. The summed E-state index contributed by atoms with van der Waals surface area (Å²) in [6.45, 7) is 1.64. The van der Waals surface area contributed by atoms with E-state index in [2.05, 4.69) is 10.2 Å². The third kappa shape index (κ3) is 4.92. The van der Waals surface area contributed by atoms with Gasteiger partial charge >= 0.3 is 5.97 Å². The molecule has 0 fully saturated rings. The number of aliphatic hydroxyl groups is 1. The van der Waals surface area contributed by atoms with Crippen LogP contribution in [0.5, 0.6) is 0 Å². The monoisotopic (exact) mass is 307 g/mol. The number of hydrogen-bond donors (Lipinski definition) is 2. The number of carboxylic acid groups (broad SMARTS) is 1. The predicted octanol–water partition coefficient (Wildman–Crippen LogP) is 0.277. The van der Waals surface area contributed by atoms with Crippen LogP contribution >= 0.6 is 11.8 Å². The Kier molecular flexibility index (Phi) is 6.46. The van der Waals surface area contributed by atoms with Crippen LogP contribution in [-0.2, 0) is 22.2 Å². The number of aliphatic carboxylic acids is 1. The molecule has 0 saturated carbocycles. The number of aliphatic hydroxyl groups excluding tert-OH is 1. The second-order valence-electron chi connectivity index (χ2n) is 4.02. The number of carboxylic acids is 1. The molecule has 1 heterocycles. The maximum atomic E-state index is 11.1. The highest BCUT2D eigenvalue weighted by atomic mass is 32.2. The highest BCUT2D eigenvalue weighted by molar-refractivity contribution is 7.99. The van der Waals surface area contributed by atoms with Gasteiger partial charge in [0.2, 0.25) is 0 Å². The standard InChI is InChI=1S/C10H17N3O4S2/c1-7(3-4-19(2)17)13-8(5-14)11-12-10(13)18-6-9(15)16/h7,14H,3-6H2,1-2H3,(H,15,16). The molecular formula is C10H17N3O4S2. The van der Waals surface area contributed by atoms with Gasteiger partial charge in [-0.1, -0.05) is 11.8 Å². The van der Waals surface area contributed by atoms with E-state index in [0.717, 1.165) is 11.8 Å². The molecule has 0 bridgehead atoms. The lowest BCUT2D eigenvalue weighted by atomic mass is 10.2. The Labute approximate surface area is 117 Å². The van der Waals surface area contributed by atoms with Crippen LogP contribution in [0.15, 0.2) is 5.16 Å². The van der Waals surface area contributed by atoms with E-state index in [1.807, 2.05) is 6.92 Å². The largest absolute Gasteiger partial charge is 0.481 e. The number of aromatic nitrogens is 3. The zero-order valence-electron chi connectivity index (χ0n) is 10.8. The van der Waals surface area contributed by atoms with Crippen LogP contribution in [-0.4, -0.2) is 52.9 Å². The quantitative estimate of drug-likeness (QED) is 0.664. The van der Waals surface area contributed by atoms with Crippen molar-refractivity contribution in [3.8, 4) is 0 Å². The van der Waals surface area contributed by atoms with E-state index in [4.69, 9.17) is 5.11 Å². The summed E-state index contributed by atoms with van der Waals surface area (Å²) in [7, 11) is -0.892. The molecule has 1 aromatic rings. The Morgan fingerprint density at radius 2 is 2.21 bits per heavy atom. The minimum absolute atomic E-state index is 0.0441. The first-order valence-electron chi connectivity index (χ1n) is 5.65. The Hall–Kier alpha value is -0.930. The van der Waals surface area contributed by atoms with Crippen molar-refractivity contribution < 1.29 is 19.2 Å². The smallest absolute Gasteiger partial charge is 0.313 e. The molecule has 0 aliphatic rings. The summed E-state index contributed by atoms with van der Waals surface area (Å²) in [6.07, 6.45) is 2.28. The molecule has 0 amide bonds. The first-order chi connectivity index (χ1) is 8.95. The van der Waals surface area contributed by atoms with Gasteiger partial charge in [-0.2, -0.15) is 0 Å². The predicted molar refractivity (Wildman–Crippen MR) is 72.6 cm³/mol. The molecule has 108 valence electrons. The van der Waals surface area contributed by atoms with Crippen LogP contribution in [0, 0.1) is 0 Å². The zero-order chi connectivity index (χ0) is 14.4. The van der Waals surface area contributed by atoms with Gasteiger partial charge in [-0.25, -0.2) is 0 Å². The molecule has 0 aromatic carbocycles. The Morgan fingerprint density at radius 3 is 2.74 bits per heavy atom. The summed E-state index contributed by atoms with van der Waals surface area (Å²) in [6, 6.07) is -0.0441. The SMILES string of the molecule is CC(CCS(C)=O)n1c(CO)nnc1SCC(=O)O. The molecule has 2 unspecified atom stereocenters. The van der Waals surface area contributed by atoms with Gasteiger partial charge in [-0.3, -0.25) is 9.00 Å². The minimum atomic E-state index is -0.938. The van der Waals surface area contributed by atoms with Crippen LogP contribution in [0.3, 0.4) is 0 Å². The van der Waals surface area contributed by atoms with Crippen molar-refractivity contribution in [1.82, 2.24) is 14.8 Å². The van der Waals surface area contributed by atoms with Crippen LogP contribution in [0.1, 0.15) is 25.2 Å². The van der Waals surface area contributed by atoms with E-state index in [1.54, 1.807) is 10.8 Å². The van der Waals surface area contributed by atoms with Crippen LogP contribution in [0.4, 0.5) is 0 Å². The molecule has 7 nitrogen and oxygen atoms in total. The third-order valence-corrected chi connectivity index (χ3v) is 4.20. The van der Waals surface area contributed by atoms with Crippen molar-refractivity contribution >= 4 is 28.5 Å². The summed E-state index contributed by atoms with van der Waals surface area (Å²) >= 11 is 1.06. The lowest BCUT2D eigenvalue weighted by molar-refractivity contribution is -0.133. The fraction of sp³-hybridized carbons (Fsp3) is 0.700. The fourth-order valence-corrected chi connectivity index (χ4v) is 3.00. The van der Waals surface area contributed by atoms with E-state index < -0.39 is 16.8 Å². The van der Waals surface area contributed by atoms with Gasteiger partial charge in [0, 0.05) is 28.9 Å². The van der Waals surface area contributed by atoms with E-state index in [0.29, 0.717) is 23.2 Å². The lowest BCUT2D eigenvalue weighted by Gasteiger charge is -2.16. The van der Waals surface area contributed by atoms with E-state index in [1.165, 1.54) is 0 Å². The normalized spacial score (nSPS) is 14.3. The fourth-order valence-electron chi connectivity index (χ4n) is 1.55. The number of carbonyl (C=O) groups is 1. The summed E-state index contributed by atoms with van der Waals surface area (Å²) < 4.78 is 12.8. The molecule has 0 saturated heterocycles. The van der Waals surface area contributed by atoms with Gasteiger partial charge in [-0.15, -0.1) is 10.2 Å². The van der Waals surface area contributed by atoms with Crippen molar-refractivity contribution in [2.24, 2.45) is 0 Å². The highest BCUT2D eigenvalue weighted by Crippen LogP contribution is 2.23. The number of rotatable bonds is 8. The minimum Gasteiger partial charge on any atom is -0.481 e. The first-order valence-corrected chi connectivity index (χ1v) is 8.36. The Bertz CT molecular complexity index is 464. The van der Waals surface area contributed by atoms with E-state index >= 15 is 0 Å². The van der Waals surface area contributed by atoms with Crippen molar-refractivity contribution in [2.75, 3.05) is 17.8 Å². The molecular weight excluding hydrogens is 290 g/mol. The second-order valence-corrected chi connectivity index (χ2v) is 6.52. The van der Waals surface area contributed by atoms with Gasteiger partial charge in [0.15, 0.2) is 11.0 Å². The van der Waals surface area contributed by atoms with Crippen LogP contribution in [0.2, 0.25) is 0 Å². The van der Waals surface area contributed by atoms with Crippen molar-refractivity contribution in [2.45, 2.75) is 31.1 Å². The molecule has 0 aliphatic heterocycles. The van der Waals surface area contributed by atoms with Gasteiger partial charge in [-0.05, 0) is 13.3 Å². The Morgan fingerprint density at radius 1 is 1.53 bits per heavy atom. The molecule has 1 rings (SSSR count). The molecule has 2 atom stereocenters. The van der Waals surface area contributed by atoms with Crippen molar-refractivity contribution in [3.05, 3.63) is 5.82 Å². The van der Waals surface area contributed by atoms with Gasteiger partial charge in [0.1, 0.15) is 6.61 Å². The molecule has 0 aliphatic carbocycles. The highest BCUT2D eigenvalue weighted by Gasteiger charge is 2.18. The Balaban J connectivity index is 2.85. The molecule has 9 heteroatoms. The van der Waals surface area contributed by atoms with Crippen molar-refractivity contribution in [3.63, 3.8) is 0 Å². The second kappa shape index (κ2) is 7.61. The molecule has 2 N–H and O–H groups in total. The van der Waals surface area contributed by atoms with Gasteiger partial charge < -0.3 is 14.8 Å². The molecule has 1 aromatic heterocycles. The number of nitrogens with zero attached hydrogens (tertiary/aromatic N) is 3. The maximum Gasteiger partial charge on any atom is 0.313 e.